The highest BCUT2D eigenvalue weighted by atomic mass is 16.7. The van der Waals surface area contributed by atoms with E-state index in [0.717, 1.165) is 12.8 Å². The molecule has 1 aliphatic rings. The van der Waals surface area contributed by atoms with Crippen LogP contribution in [0, 0.1) is 0 Å². The van der Waals surface area contributed by atoms with Gasteiger partial charge in [-0.15, -0.1) is 0 Å². The van der Waals surface area contributed by atoms with E-state index >= 15 is 0 Å². The molecule has 3 atom stereocenters. The van der Waals surface area contributed by atoms with Crippen LogP contribution in [0.15, 0.2) is 0 Å². The number of carbonyl (C=O) groups excluding carboxylic acids is 1. The third kappa shape index (κ3) is 5.83. The van der Waals surface area contributed by atoms with Crippen LogP contribution in [0.2, 0.25) is 0 Å². The lowest BCUT2D eigenvalue weighted by atomic mass is 9.94. The maximum absolute atomic E-state index is 12.6. The molecule has 0 amide bonds. The molecule has 3 unspecified atom stereocenters. The number of esters is 1. The maximum Gasteiger partial charge on any atom is 0.341 e. The number of aliphatic hydroxyl groups is 2. The summed E-state index contributed by atoms with van der Waals surface area (Å²) in [4.78, 5) is 12.6. The van der Waals surface area contributed by atoms with Gasteiger partial charge in [-0.25, -0.2) is 4.79 Å². The molecule has 1 aliphatic heterocycles. The number of rotatable bonds is 7. The first-order valence-electron chi connectivity index (χ1n) is 8.04. The number of aliphatic hydroxyl groups excluding tert-OH is 2. The van der Waals surface area contributed by atoms with Crippen molar-refractivity contribution in [3.8, 4) is 0 Å². The van der Waals surface area contributed by atoms with E-state index in [9.17, 15) is 15.0 Å². The third-order valence-electron chi connectivity index (χ3n) is 3.56. The van der Waals surface area contributed by atoms with Crippen LogP contribution in [0.4, 0.5) is 0 Å². The van der Waals surface area contributed by atoms with Gasteiger partial charge in [0, 0.05) is 13.0 Å². The van der Waals surface area contributed by atoms with E-state index < -0.39 is 36.2 Å². The fourth-order valence-corrected chi connectivity index (χ4v) is 2.30. The second kappa shape index (κ2) is 8.24. The Morgan fingerprint density at radius 2 is 2.05 bits per heavy atom. The van der Waals surface area contributed by atoms with Crippen LogP contribution in [-0.2, 0) is 19.0 Å². The van der Waals surface area contributed by atoms with Crippen molar-refractivity contribution in [1.82, 2.24) is 0 Å². The van der Waals surface area contributed by atoms with E-state index in [1.54, 1.807) is 27.7 Å². The van der Waals surface area contributed by atoms with E-state index in [1.807, 2.05) is 0 Å². The Bertz CT molecular complexity index is 345. The lowest BCUT2D eigenvalue weighted by Gasteiger charge is -2.37. The Kier molecular flexibility index (Phi) is 7.25. The zero-order valence-corrected chi connectivity index (χ0v) is 14.1. The second-order valence-corrected chi connectivity index (χ2v) is 6.83. The normalized spacial score (nSPS) is 23.6. The van der Waals surface area contributed by atoms with E-state index in [0.29, 0.717) is 19.4 Å². The minimum absolute atomic E-state index is 0.0191. The molecule has 0 aromatic rings. The molecule has 0 saturated carbocycles. The van der Waals surface area contributed by atoms with Crippen molar-refractivity contribution in [2.45, 2.75) is 83.4 Å². The first-order chi connectivity index (χ1) is 10.2. The summed E-state index contributed by atoms with van der Waals surface area (Å²) in [6.45, 7) is 7.07. The lowest BCUT2D eigenvalue weighted by molar-refractivity contribution is -0.252. The molecule has 1 saturated heterocycles. The highest BCUT2D eigenvalue weighted by Gasteiger charge is 2.46. The Labute approximate surface area is 132 Å². The smallest absolute Gasteiger partial charge is 0.341 e. The fraction of sp³-hybridized carbons (Fsp3) is 0.938. The molecule has 1 heterocycles. The molecule has 1 fully saturated rings. The Morgan fingerprint density at radius 3 is 2.50 bits per heavy atom. The van der Waals surface area contributed by atoms with Gasteiger partial charge in [-0.3, -0.25) is 0 Å². The molecule has 1 rings (SSSR count). The predicted octanol–water partition coefficient (Wildman–Crippen LogP) is 1.76. The Balaban J connectivity index is 2.91. The van der Waals surface area contributed by atoms with E-state index in [1.165, 1.54) is 0 Å². The van der Waals surface area contributed by atoms with E-state index in [2.05, 4.69) is 0 Å². The van der Waals surface area contributed by atoms with Gasteiger partial charge in [0.25, 0.3) is 0 Å². The number of hydrogen-bond acceptors (Lipinski definition) is 6. The van der Waals surface area contributed by atoms with Crippen molar-refractivity contribution in [1.29, 1.82) is 0 Å². The SMILES string of the molecule is CCC(O)CC(CO)(OC1CCCCO1)C(=O)OC(C)(C)C. The van der Waals surface area contributed by atoms with Crippen molar-refractivity contribution < 1.29 is 29.2 Å². The summed E-state index contributed by atoms with van der Waals surface area (Å²) in [6.07, 6.45) is 1.68. The molecule has 2 N–H and O–H groups in total. The molecule has 0 aromatic carbocycles. The molecule has 0 bridgehead atoms. The van der Waals surface area contributed by atoms with Crippen LogP contribution in [0.5, 0.6) is 0 Å². The predicted molar refractivity (Wildman–Crippen MR) is 81.3 cm³/mol. The zero-order valence-electron chi connectivity index (χ0n) is 14.1. The largest absolute Gasteiger partial charge is 0.458 e. The van der Waals surface area contributed by atoms with Crippen molar-refractivity contribution in [2.24, 2.45) is 0 Å². The molecule has 0 aromatic heterocycles. The summed E-state index contributed by atoms with van der Waals surface area (Å²) >= 11 is 0. The highest BCUT2D eigenvalue weighted by molar-refractivity contribution is 5.80. The van der Waals surface area contributed by atoms with Crippen LogP contribution in [0.1, 0.15) is 59.8 Å². The first-order valence-corrected chi connectivity index (χ1v) is 8.04. The van der Waals surface area contributed by atoms with Crippen LogP contribution in [0.3, 0.4) is 0 Å². The van der Waals surface area contributed by atoms with Gasteiger partial charge in [0.1, 0.15) is 5.60 Å². The van der Waals surface area contributed by atoms with Gasteiger partial charge in [0.2, 0.25) is 0 Å². The molecule has 130 valence electrons. The molecule has 6 nitrogen and oxygen atoms in total. The van der Waals surface area contributed by atoms with Gasteiger partial charge in [-0.2, -0.15) is 0 Å². The monoisotopic (exact) mass is 318 g/mol. The Morgan fingerprint density at radius 1 is 1.36 bits per heavy atom. The summed E-state index contributed by atoms with van der Waals surface area (Å²) in [6, 6.07) is 0. The second-order valence-electron chi connectivity index (χ2n) is 6.83. The minimum Gasteiger partial charge on any atom is -0.458 e. The first kappa shape index (κ1) is 19.4. The van der Waals surface area contributed by atoms with Crippen molar-refractivity contribution in [3.05, 3.63) is 0 Å². The molecule has 0 spiro atoms. The van der Waals surface area contributed by atoms with Crippen molar-refractivity contribution >= 4 is 5.97 Å². The van der Waals surface area contributed by atoms with Gasteiger partial charge in [0.15, 0.2) is 11.9 Å². The lowest BCUT2D eigenvalue weighted by Crippen LogP contribution is -2.53. The molecule has 0 aliphatic carbocycles. The molecular weight excluding hydrogens is 288 g/mol. The quantitative estimate of drug-likeness (QED) is 0.696. The number of hydrogen-bond donors (Lipinski definition) is 2. The minimum atomic E-state index is -1.59. The fourth-order valence-electron chi connectivity index (χ4n) is 2.30. The van der Waals surface area contributed by atoms with Crippen molar-refractivity contribution in [3.63, 3.8) is 0 Å². The zero-order chi connectivity index (χ0) is 16.8. The van der Waals surface area contributed by atoms with Gasteiger partial charge < -0.3 is 24.4 Å². The summed E-state index contributed by atoms with van der Waals surface area (Å²) in [7, 11) is 0. The van der Waals surface area contributed by atoms with Gasteiger partial charge in [-0.05, 0) is 46.5 Å². The molecule has 6 heteroatoms. The maximum atomic E-state index is 12.6. The summed E-state index contributed by atoms with van der Waals surface area (Å²) in [5, 5.41) is 19.8. The average molecular weight is 318 g/mol. The van der Waals surface area contributed by atoms with Gasteiger partial charge >= 0.3 is 5.97 Å². The highest BCUT2D eigenvalue weighted by Crippen LogP contribution is 2.28. The number of carbonyl (C=O) groups is 1. The average Bonchev–Trinajstić information content (AvgIpc) is 2.45. The van der Waals surface area contributed by atoms with Crippen LogP contribution in [-0.4, -0.2) is 53.0 Å². The summed E-state index contributed by atoms with van der Waals surface area (Å²) in [5.41, 5.74) is -2.30. The van der Waals surface area contributed by atoms with Crippen LogP contribution in [0.25, 0.3) is 0 Å². The topological polar surface area (TPSA) is 85.2 Å². The van der Waals surface area contributed by atoms with Gasteiger partial charge in [-0.1, -0.05) is 6.92 Å². The van der Waals surface area contributed by atoms with Crippen molar-refractivity contribution in [2.75, 3.05) is 13.2 Å². The molecule has 22 heavy (non-hydrogen) atoms. The van der Waals surface area contributed by atoms with Crippen LogP contribution >= 0.6 is 0 Å². The number of ether oxygens (including phenoxy) is 3. The molecule has 0 radical (unpaired) electrons. The Hall–Kier alpha value is -0.690. The molecular formula is C16H30O6. The summed E-state index contributed by atoms with van der Waals surface area (Å²) in [5.74, 6) is -0.663. The van der Waals surface area contributed by atoms with Crippen LogP contribution < -0.4 is 0 Å². The standard InChI is InChI=1S/C16H30O6/c1-5-12(18)10-16(11-17,14(19)22-15(2,3)4)21-13-8-6-7-9-20-13/h12-13,17-18H,5-11H2,1-4H3. The van der Waals surface area contributed by atoms with E-state index in [4.69, 9.17) is 14.2 Å². The third-order valence-corrected chi connectivity index (χ3v) is 3.56. The van der Waals surface area contributed by atoms with E-state index in [-0.39, 0.29) is 6.42 Å². The summed E-state index contributed by atoms with van der Waals surface area (Å²) < 4.78 is 16.7. The van der Waals surface area contributed by atoms with Gasteiger partial charge in [0.05, 0.1) is 12.7 Å².